The Hall–Kier alpha value is -4.35. The molecular weight excluding hydrogens is 473 g/mol. The number of imidazole rings is 1. The molecule has 0 N–H and O–H groups in total. The van der Waals surface area contributed by atoms with E-state index in [1.807, 2.05) is 0 Å². The van der Waals surface area contributed by atoms with E-state index in [2.05, 4.69) is 20.2 Å². The number of aromatic nitrogens is 5. The molecule has 0 radical (unpaired) electrons. The molecule has 2 aliphatic heterocycles. The Kier molecular flexibility index (Phi) is 5.63. The van der Waals surface area contributed by atoms with Crippen LogP contribution in [0.4, 0.5) is 22.0 Å². The highest BCUT2D eigenvalue weighted by atomic mass is 19.4. The maximum atomic E-state index is 14.1. The van der Waals surface area contributed by atoms with Gasteiger partial charge in [0.05, 0.1) is 18.0 Å². The second kappa shape index (κ2) is 8.78. The van der Waals surface area contributed by atoms with Gasteiger partial charge >= 0.3 is 6.18 Å². The van der Waals surface area contributed by atoms with Crippen LogP contribution in [0.1, 0.15) is 5.76 Å². The minimum Gasteiger partial charge on any atom is -0.484 e. The van der Waals surface area contributed by atoms with Crippen LogP contribution in [0.25, 0.3) is 34.0 Å². The third kappa shape index (κ3) is 4.95. The summed E-state index contributed by atoms with van der Waals surface area (Å²) in [6.45, 7) is -1.19. The molecule has 0 atom stereocenters. The predicted molar refractivity (Wildman–Crippen MR) is 112 cm³/mol. The summed E-state index contributed by atoms with van der Waals surface area (Å²) in [5, 5.41) is 8.21. The first-order valence-electron chi connectivity index (χ1n) is 10.2. The van der Waals surface area contributed by atoms with Gasteiger partial charge < -0.3 is 9.26 Å². The monoisotopic (exact) mass is 487 g/mol. The van der Waals surface area contributed by atoms with Crippen molar-refractivity contribution in [2.75, 3.05) is 6.61 Å². The van der Waals surface area contributed by atoms with Crippen LogP contribution >= 0.6 is 0 Å². The molecule has 35 heavy (non-hydrogen) atoms. The summed E-state index contributed by atoms with van der Waals surface area (Å²) in [6.07, 6.45) is -1.39. The molecule has 3 aromatic rings. The van der Waals surface area contributed by atoms with Gasteiger partial charge in [-0.15, -0.1) is 0 Å². The summed E-state index contributed by atoms with van der Waals surface area (Å²) >= 11 is 0. The molecular formula is C23H14F5N5O2. The smallest absolute Gasteiger partial charge is 0.422 e. The van der Waals surface area contributed by atoms with E-state index in [1.54, 1.807) is 24.4 Å². The summed E-state index contributed by atoms with van der Waals surface area (Å²) in [4.78, 5) is 8.48. The number of halogens is 5. The first-order valence-corrected chi connectivity index (χ1v) is 10.2. The van der Waals surface area contributed by atoms with Crippen LogP contribution in [0.2, 0.25) is 0 Å². The zero-order valence-corrected chi connectivity index (χ0v) is 17.6. The van der Waals surface area contributed by atoms with Crippen LogP contribution in [0.15, 0.2) is 65.4 Å². The van der Waals surface area contributed by atoms with Crippen molar-refractivity contribution in [1.29, 1.82) is 0 Å². The molecule has 0 amide bonds. The number of rotatable bonds is 6. The molecule has 12 heteroatoms. The minimum absolute atomic E-state index is 0.0427. The van der Waals surface area contributed by atoms with Crippen molar-refractivity contribution in [3.8, 4) is 39.8 Å². The van der Waals surface area contributed by atoms with E-state index < -0.39 is 24.4 Å². The number of ether oxygens (including phenoxy) is 1. The highest BCUT2D eigenvalue weighted by Gasteiger charge is 2.28. The molecule has 0 saturated heterocycles. The third-order valence-electron chi connectivity index (χ3n) is 4.94. The summed E-state index contributed by atoms with van der Waals surface area (Å²) in [5.74, 6) is -1.45. The number of hydrogen-bond donors (Lipinski definition) is 0. The summed E-state index contributed by atoms with van der Waals surface area (Å²) in [6, 6.07) is 11.4. The quantitative estimate of drug-likeness (QED) is 0.300. The Morgan fingerprint density at radius 1 is 0.943 bits per heavy atom. The lowest BCUT2D eigenvalue weighted by atomic mass is 10.1. The lowest BCUT2D eigenvalue weighted by molar-refractivity contribution is -0.153. The molecule has 0 aliphatic carbocycles. The van der Waals surface area contributed by atoms with Crippen molar-refractivity contribution in [3.05, 3.63) is 78.3 Å². The molecule has 0 unspecified atom stereocenters. The topological polar surface area (TPSA) is 78.9 Å². The maximum Gasteiger partial charge on any atom is 0.422 e. The maximum absolute atomic E-state index is 14.1. The van der Waals surface area contributed by atoms with Crippen LogP contribution in [-0.2, 0) is 6.54 Å². The van der Waals surface area contributed by atoms with Crippen molar-refractivity contribution in [2.24, 2.45) is 0 Å². The van der Waals surface area contributed by atoms with Crippen LogP contribution in [0.3, 0.4) is 0 Å². The van der Waals surface area contributed by atoms with E-state index in [1.165, 1.54) is 35.1 Å². The SMILES string of the molecule is Fc1cccc(-c2nc3cnn(Cc4cc(-c5ccc(OCC(F)(F)F)cc5)no4)cc-3n2)c1F. The molecule has 5 rings (SSSR count). The number of fused-ring (bicyclic) bond motifs is 1. The van der Waals surface area contributed by atoms with Gasteiger partial charge in [0.15, 0.2) is 29.8 Å². The highest BCUT2D eigenvalue weighted by molar-refractivity contribution is 5.65. The first-order chi connectivity index (χ1) is 16.7. The lowest BCUT2D eigenvalue weighted by Crippen LogP contribution is -2.19. The van der Waals surface area contributed by atoms with E-state index in [0.717, 1.165) is 6.07 Å². The highest BCUT2D eigenvalue weighted by Crippen LogP contribution is 2.28. The summed E-state index contributed by atoms with van der Waals surface area (Å²) in [7, 11) is 0. The van der Waals surface area contributed by atoms with Gasteiger partial charge in [-0.3, -0.25) is 4.68 Å². The second-order valence-corrected chi connectivity index (χ2v) is 7.50. The molecule has 178 valence electrons. The Bertz CT molecular complexity index is 1450. The van der Waals surface area contributed by atoms with Crippen molar-refractivity contribution < 1.29 is 31.2 Å². The van der Waals surface area contributed by atoms with Crippen LogP contribution in [0.5, 0.6) is 5.75 Å². The van der Waals surface area contributed by atoms with E-state index >= 15 is 0 Å². The molecule has 0 saturated carbocycles. The first kappa shape index (κ1) is 22.4. The van der Waals surface area contributed by atoms with Crippen molar-refractivity contribution in [3.63, 3.8) is 0 Å². The lowest BCUT2D eigenvalue weighted by Gasteiger charge is -2.09. The molecule has 0 spiro atoms. The fraction of sp³-hybridized carbons (Fsp3) is 0.130. The molecule has 2 aromatic carbocycles. The van der Waals surface area contributed by atoms with Crippen LogP contribution < -0.4 is 4.74 Å². The van der Waals surface area contributed by atoms with E-state index in [-0.39, 0.29) is 23.7 Å². The Morgan fingerprint density at radius 2 is 1.71 bits per heavy atom. The van der Waals surface area contributed by atoms with Gasteiger partial charge in [0.2, 0.25) is 0 Å². The van der Waals surface area contributed by atoms with Gasteiger partial charge in [0, 0.05) is 11.6 Å². The molecule has 0 bridgehead atoms. The van der Waals surface area contributed by atoms with Gasteiger partial charge in [-0.1, -0.05) is 11.2 Å². The largest absolute Gasteiger partial charge is 0.484 e. The minimum atomic E-state index is -4.42. The molecule has 2 aliphatic rings. The van der Waals surface area contributed by atoms with Gasteiger partial charge in [0.25, 0.3) is 0 Å². The van der Waals surface area contributed by atoms with Crippen LogP contribution in [0, 0.1) is 11.6 Å². The average molecular weight is 487 g/mol. The Morgan fingerprint density at radius 3 is 2.49 bits per heavy atom. The van der Waals surface area contributed by atoms with Gasteiger partial charge in [-0.05, 0) is 36.4 Å². The number of nitrogens with zero attached hydrogens (tertiary/aromatic N) is 5. The van der Waals surface area contributed by atoms with Gasteiger partial charge in [-0.2, -0.15) is 18.3 Å². The zero-order valence-electron chi connectivity index (χ0n) is 17.6. The molecule has 3 heterocycles. The van der Waals surface area contributed by atoms with Crippen LogP contribution in [-0.4, -0.2) is 37.7 Å². The van der Waals surface area contributed by atoms with Crippen molar-refractivity contribution in [1.82, 2.24) is 24.9 Å². The fourth-order valence-corrected chi connectivity index (χ4v) is 3.31. The van der Waals surface area contributed by atoms with E-state index in [4.69, 9.17) is 9.26 Å². The van der Waals surface area contributed by atoms with Gasteiger partial charge in [0.1, 0.15) is 29.4 Å². The predicted octanol–water partition coefficient (Wildman–Crippen LogP) is 5.37. The van der Waals surface area contributed by atoms with Crippen molar-refractivity contribution in [2.45, 2.75) is 12.7 Å². The second-order valence-electron chi connectivity index (χ2n) is 7.50. The molecule has 1 aromatic heterocycles. The molecule has 0 fully saturated rings. The summed E-state index contributed by atoms with van der Waals surface area (Å²) < 4.78 is 76.0. The fourth-order valence-electron chi connectivity index (χ4n) is 3.31. The Balaban J connectivity index is 1.31. The number of benzene rings is 2. The van der Waals surface area contributed by atoms with E-state index in [9.17, 15) is 22.0 Å². The normalized spacial score (nSPS) is 11.8. The summed E-state index contributed by atoms with van der Waals surface area (Å²) in [5.41, 5.74) is 1.87. The van der Waals surface area contributed by atoms with E-state index in [0.29, 0.717) is 28.4 Å². The van der Waals surface area contributed by atoms with Crippen molar-refractivity contribution >= 4 is 0 Å². The number of alkyl halides is 3. The average Bonchev–Trinajstić information content (AvgIpc) is 3.46. The standard InChI is InChI=1S/C23H14F5N5O2/c24-17-3-1-2-16(21(17)25)22-30-19-9-29-33(11-20(19)31-22)10-15-8-18(32-35-15)13-4-6-14(7-5-13)34-12-23(26,27)28/h1-9,11H,10,12H2. The zero-order chi connectivity index (χ0) is 24.6. The molecule has 7 nitrogen and oxygen atoms in total. The third-order valence-corrected chi connectivity index (χ3v) is 4.94. The number of hydrogen-bond acceptors (Lipinski definition) is 6. The van der Waals surface area contributed by atoms with Gasteiger partial charge in [-0.25, -0.2) is 18.7 Å². The Labute approximate surface area is 194 Å².